The van der Waals surface area contributed by atoms with E-state index in [0.717, 1.165) is 0 Å². The van der Waals surface area contributed by atoms with E-state index in [0.29, 0.717) is 21.9 Å². The summed E-state index contributed by atoms with van der Waals surface area (Å²) in [5.74, 6) is -0.0250. The van der Waals surface area contributed by atoms with Crippen LogP contribution in [0.1, 0.15) is 22.8 Å². The number of Topliss-reactive ketones (excluding diaryl/α,β-unsaturated/α-hetero) is 1. The maximum Gasteiger partial charge on any atom is 0.203 e. The van der Waals surface area contributed by atoms with E-state index in [1.165, 1.54) is 18.2 Å². The minimum Gasteiger partial charge on any atom is -0.483 e. The second kappa shape index (κ2) is 6.06. The molecule has 0 aliphatic carbocycles. The van der Waals surface area contributed by atoms with Crippen molar-refractivity contribution in [3.8, 4) is 5.75 Å². The van der Waals surface area contributed by atoms with E-state index in [-0.39, 0.29) is 11.6 Å². The van der Waals surface area contributed by atoms with Crippen LogP contribution in [0.5, 0.6) is 5.75 Å². The molecule has 0 fully saturated rings. The van der Waals surface area contributed by atoms with Crippen molar-refractivity contribution in [3.63, 3.8) is 0 Å². The molecule has 0 bridgehead atoms. The number of ether oxygens (including phenoxy) is 1. The molecule has 0 aromatic heterocycles. The SMILES string of the molecule is Cc1cc(F)ccc1C(=O)C(C)Oc1cccc(Cl)c1. The van der Waals surface area contributed by atoms with E-state index in [2.05, 4.69) is 0 Å². The molecule has 104 valence electrons. The van der Waals surface area contributed by atoms with Crippen molar-refractivity contribution in [3.05, 3.63) is 64.4 Å². The van der Waals surface area contributed by atoms with Gasteiger partial charge in [-0.2, -0.15) is 0 Å². The normalized spacial score (nSPS) is 12.0. The molecule has 0 radical (unpaired) electrons. The highest BCUT2D eigenvalue weighted by atomic mass is 35.5. The second-order valence-electron chi connectivity index (χ2n) is 4.54. The number of carbonyl (C=O) groups is 1. The first-order valence-electron chi connectivity index (χ1n) is 6.20. The van der Waals surface area contributed by atoms with E-state index < -0.39 is 6.10 Å². The van der Waals surface area contributed by atoms with Crippen molar-refractivity contribution < 1.29 is 13.9 Å². The lowest BCUT2D eigenvalue weighted by molar-refractivity contribution is 0.0817. The van der Waals surface area contributed by atoms with E-state index in [1.807, 2.05) is 0 Å². The second-order valence-corrected chi connectivity index (χ2v) is 4.98. The third-order valence-corrected chi connectivity index (χ3v) is 3.17. The Labute approximate surface area is 122 Å². The lowest BCUT2D eigenvalue weighted by Gasteiger charge is -2.15. The zero-order chi connectivity index (χ0) is 14.7. The predicted molar refractivity (Wildman–Crippen MR) is 77.0 cm³/mol. The van der Waals surface area contributed by atoms with Gasteiger partial charge in [-0.1, -0.05) is 17.7 Å². The summed E-state index contributed by atoms with van der Waals surface area (Å²) in [5.41, 5.74) is 1.05. The first-order chi connectivity index (χ1) is 9.47. The van der Waals surface area contributed by atoms with Gasteiger partial charge < -0.3 is 4.74 Å². The Morgan fingerprint density at radius 1 is 1.25 bits per heavy atom. The third-order valence-electron chi connectivity index (χ3n) is 2.93. The number of carbonyl (C=O) groups excluding carboxylic acids is 1. The number of aryl methyl sites for hydroxylation is 1. The number of hydrogen-bond acceptors (Lipinski definition) is 2. The smallest absolute Gasteiger partial charge is 0.203 e. The fourth-order valence-corrected chi connectivity index (χ4v) is 2.10. The zero-order valence-corrected chi connectivity index (χ0v) is 11.9. The summed E-state index contributed by atoms with van der Waals surface area (Å²) in [4.78, 5) is 12.3. The van der Waals surface area contributed by atoms with Crippen molar-refractivity contribution >= 4 is 17.4 Å². The van der Waals surface area contributed by atoms with Gasteiger partial charge in [0.15, 0.2) is 6.10 Å². The molecule has 0 saturated carbocycles. The lowest BCUT2D eigenvalue weighted by atomic mass is 10.0. The summed E-state index contributed by atoms with van der Waals surface area (Å²) in [5, 5.41) is 0.542. The number of benzene rings is 2. The highest BCUT2D eigenvalue weighted by Crippen LogP contribution is 2.20. The fraction of sp³-hybridized carbons (Fsp3) is 0.188. The zero-order valence-electron chi connectivity index (χ0n) is 11.2. The van der Waals surface area contributed by atoms with E-state index in [9.17, 15) is 9.18 Å². The first kappa shape index (κ1) is 14.5. The number of rotatable bonds is 4. The minimum absolute atomic E-state index is 0.192. The average molecular weight is 293 g/mol. The van der Waals surface area contributed by atoms with Crippen LogP contribution in [0.4, 0.5) is 4.39 Å². The number of hydrogen-bond donors (Lipinski definition) is 0. The van der Waals surface area contributed by atoms with Gasteiger partial charge in [-0.15, -0.1) is 0 Å². The van der Waals surface area contributed by atoms with Gasteiger partial charge in [0.2, 0.25) is 5.78 Å². The lowest BCUT2D eigenvalue weighted by Crippen LogP contribution is -2.24. The summed E-state index contributed by atoms with van der Waals surface area (Å²) in [6.07, 6.45) is -0.669. The molecule has 0 spiro atoms. The van der Waals surface area contributed by atoms with Gasteiger partial charge in [-0.3, -0.25) is 4.79 Å². The quantitative estimate of drug-likeness (QED) is 0.779. The Kier molecular flexibility index (Phi) is 4.40. The summed E-state index contributed by atoms with van der Waals surface area (Å²) in [6.45, 7) is 3.36. The summed E-state index contributed by atoms with van der Waals surface area (Å²) in [7, 11) is 0. The minimum atomic E-state index is -0.669. The molecule has 2 rings (SSSR count). The molecule has 2 aromatic rings. The Morgan fingerprint density at radius 3 is 2.65 bits per heavy atom. The summed E-state index contributed by atoms with van der Waals surface area (Å²) >= 11 is 5.86. The van der Waals surface area contributed by atoms with Gasteiger partial charge in [-0.25, -0.2) is 4.39 Å². The molecular formula is C16H14ClFO2. The molecular weight excluding hydrogens is 279 g/mol. The van der Waals surface area contributed by atoms with Gasteiger partial charge in [0.1, 0.15) is 11.6 Å². The van der Waals surface area contributed by atoms with Gasteiger partial charge in [0, 0.05) is 10.6 Å². The van der Waals surface area contributed by atoms with Crippen LogP contribution in [0.15, 0.2) is 42.5 Å². The van der Waals surface area contributed by atoms with Crippen LogP contribution < -0.4 is 4.74 Å². The fourth-order valence-electron chi connectivity index (χ4n) is 1.92. The Bertz CT molecular complexity index is 640. The van der Waals surface area contributed by atoms with Crippen LogP contribution in [0, 0.1) is 12.7 Å². The van der Waals surface area contributed by atoms with Gasteiger partial charge in [-0.05, 0) is 55.8 Å². The van der Waals surface area contributed by atoms with Crippen molar-refractivity contribution in [2.75, 3.05) is 0 Å². The summed E-state index contributed by atoms with van der Waals surface area (Å²) in [6, 6.07) is 10.9. The van der Waals surface area contributed by atoms with Crippen molar-refractivity contribution in [1.29, 1.82) is 0 Å². The van der Waals surface area contributed by atoms with Gasteiger partial charge >= 0.3 is 0 Å². The van der Waals surface area contributed by atoms with Gasteiger partial charge in [0.05, 0.1) is 0 Å². The standard InChI is InChI=1S/C16H14ClFO2/c1-10-8-13(18)6-7-15(10)16(19)11(2)20-14-5-3-4-12(17)9-14/h3-9,11H,1-2H3. The molecule has 2 aromatic carbocycles. The largest absolute Gasteiger partial charge is 0.483 e. The Hall–Kier alpha value is -1.87. The summed E-state index contributed by atoms with van der Waals surface area (Å²) < 4.78 is 18.6. The Balaban J connectivity index is 2.16. The first-order valence-corrected chi connectivity index (χ1v) is 6.58. The topological polar surface area (TPSA) is 26.3 Å². The van der Waals surface area contributed by atoms with Crippen molar-refractivity contribution in [1.82, 2.24) is 0 Å². The van der Waals surface area contributed by atoms with E-state index in [4.69, 9.17) is 16.3 Å². The molecule has 1 unspecified atom stereocenters. The molecule has 2 nitrogen and oxygen atoms in total. The van der Waals surface area contributed by atoms with E-state index in [1.54, 1.807) is 38.1 Å². The van der Waals surface area contributed by atoms with Gasteiger partial charge in [0.25, 0.3) is 0 Å². The van der Waals surface area contributed by atoms with Crippen LogP contribution >= 0.6 is 11.6 Å². The molecule has 0 saturated heterocycles. The highest BCUT2D eigenvalue weighted by Gasteiger charge is 2.19. The molecule has 0 N–H and O–H groups in total. The third kappa shape index (κ3) is 3.36. The highest BCUT2D eigenvalue weighted by molar-refractivity contribution is 6.30. The van der Waals surface area contributed by atoms with Crippen LogP contribution in [0.3, 0.4) is 0 Å². The molecule has 4 heteroatoms. The Morgan fingerprint density at radius 2 is 2.00 bits per heavy atom. The average Bonchev–Trinajstić information content (AvgIpc) is 2.38. The van der Waals surface area contributed by atoms with Crippen LogP contribution in [0.2, 0.25) is 5.02 Å². The maximum absolute atomic E-state index is 13.0. The molecule has 0 aliphatic heterocycles. The monoisotopic (exact) mass is 292 g/mol. The van der Waals surface area contributed by atoms with Crippen molar-refractivity contribution in [2.45, 2.75) is 20.0 Å². The van der Waals surface area contributed by atoms with Crippen LogP contribution in [0.25, 0.3) is 0 Å². The molecule has 0 amide bonds. The van der Waals surface area contributed by atoms with Crippen LogP contribution in [-0.4, -0.2) is 11.9 Å². The van der Waals surface area contributed by atoms with Crippen LogP contribution in [-0.2, 0) is 0 Å². The molecule has 0 aliphatic rings. The van der Waals surface area contributed by atoms with E-state index >= 15 is 0 Å². The maximum atomic E-state index is 13.0. The predicted octanol–water partition coefficient (Wildman–Crippen LogP) is 4.44. The number of ketones is 1. The molecule has 20 heavy (non-hydrogen) atoms. The molecule has 0 heterocycles. The van der Waals surface area contributed by atoms with Crippen molar-refractivity contribution in [2.24, 2.45) is 0 Å². The number of halogens is 2. The molecule has 1 atom stereocenters.